The van der Waals surface area contributed by atoms with Crippen LogP contribution in [0.3, 0.4) is 0 Å². The van der Waals surface area contributed by atoms with Gasteiger partial charge in [0.2, 0.25) is 0 Å². The van der Waals surface area contributed by atoms with Crippen molar-refractivity contribution in [2.24, 2.45) is 0 Å². The van der Waals surface area contributed by atoms with Crippen LogP contribution in [0, 0.1) is 0 Å². The lowest BCUT2D eigenvalue weighted by Gasteiger charge is -2.51. The highest BCUT2D eigenvalue weighted by molar-refractivity contribution is 5.75. The fourth-order valence-corrected chi connectivity index (χ4v) is 6.94. The zero-order chi connectivity index (χ0) is 35.3. The number of nitrogens with zero attached hydrogens (tertiary/aromatic N) is 2. The monoisotopic (exact) mass is 657 g/mol. The Kier molecular flexibility index (Phi) is 22.6. The average molecular weight is 657 g/mol. The summed E-state index contributed by atoms with van der Waals surface area (Å²) in [4.78, 5) is 31.6. The largest absolute Gasteiger partial charge is 0.481 e. The Morgan fingerprint density at radius 2 is 0.761 bits per heavy atom. The minimum atomic E-state index is -1.08. The van der Waals surface area contributed by atoms with Crippen LogP contribution in [0.4, 0.5) is 0 Å². The van der Waals surface area contributed by atoms with Gasteiger partial charge < -0.3 is 10.2 Å². The third-order valence-electron chi connectivity index (χ3n) is 9.34. The maximum atomic E-state index is 9.64. The molecular weight excluding hydrogens is 580 g/mol. The number of hydrogen-bond donors (Lipinski definition) is 2. The molecule has 274 valence electrons. The minimum absolute atomic E-state index is 0.184. The van der Waals surface area contributed by atoms with E-state index in [1.165, 1.54) is 116 Å². The molecule has 2 aliphatic heterocycles. The number of carboxylic acid groups (broad SMARTS) is 2. The molecule has 0 radical (unpaired) electrons. The second-order valence-electron chi connectivity index (χ2n) is 16.0. The first-order valence-corrected chi connectivity index (χ1v) is 18.7. The Bertz CT molecular complexity index is 713. The molecule has 2 rings (SSSR count). The van der Waals surface area contributed by atoms with Crippen LogP contribution in [-0.4, -0.2) is 67.6 Å². The summed E-state index contributed by atoms with van der Waals surface area (Å²) in [6, 6.07) is 0. The molecule has 8 heteroatoms. The van der Waals surface area contributed by atoms with Crippen LogP contribution < -0.4 is 0 Å². The molecule has 46 heavy (non-hydrogen) atoms. The van der Waals surface area contributed by atoms with Gasteiger partial charge in [0.1, 0.15) is 0 Å². The number of aliphatic carboxylic acids is 2. The Labute approximate surface area is 284 Å². The number of rotatable bonds is 19. The summed E-state index contributed by atoms with van der Waals surface area (Å²) in [7, 11) is 0. The topological polar surface area (TPSA) is 99.5 Å². The first-order chi connectivity index (χ1) is 21.4. The van der Waals surface area contributed by atoms with Gasteiger partial charge in [0, 0.05) is 22.2 Å². The highest BCUT2D eigenvalue weighted by Crippen LogP contribution is 2.39. The van der Waals surface area contributed by atoms with Crippen molar-refractivity contribution >= 4 is 11.9 Å². The molecule has 0 bridgehead atoms. The molecule has 2 heterocycles. The van der Waals surface area contributed by atoms with Crippen LogP contribution in [0.15, 0.2) is 0 Å². The molecule has 2 N–H and O–H groups in total. The minimum Gasteiger partial charge on any atom is -0.481 e. The summed E-state index contributed by atoms with van der Waals surface area (Å²) in [5.41, 5.74) is 0.738. The molecule has 0 aromatic rings. The maximum absolute atomic E-state index is 9.64. The van der Waals surface area contributed by atoms with Crippen LogP contribution in [0.25, 0.3) is 0 Å². The molecular formula is C38H76N2O6. The van der Waals surface area contributed by atoms with Crippen molar-refractivity contribution in [3.63, 3.8) is 0 Å². The van der Waals surface area contributed by atoms with E-state index in [-0.39, 0.29) is 35.0 Å². The van der Waals surface area contributed by atoms with Crippen molar-refractivity contribution in [2.75, 3.05) is 13.2 Å². The van der Waals surface area contributed by atoms with Gasteiger partial charge in [-0.1, -0.05) is 78.1 Å². The molecule has 0 amide bonds. The van der Waals surface area contributed by atoms with Crippen molar-refractivity contribution in [1.29, 1.82) is 0 Å². The smallest absolute Gasteiger partial charge is 0.303 e. The van der Waals surface area contributed by atoms with E-state index in [2.05, 4.69) is 79.4 Å². The van der Waals surface area contributed by atoms with Gasteiger partial charge in [-0.15, -0.1) is 0 Å². The third-order valence-corrected chi connectivity index (χ3v) is 9.34. The van der Waals surface area contributed by atoms with Gasteiger partial charge in [-0.3, -0.25) is 19.3 Å². The Morgan fingerprint density at radius 3 is 1.02 bits per heavy atom. The van der Waals surface area contributed by atoms with Gasteiger partial charge in [-0.2, -0.15) is 10.1 Å². The molecule has 2 fully saturated rings. The normalized spacial score (nSPS) is 20.1. The molecule has 0 aromatic heterocycles. The lowest BCUT2D eigenvalue weighted by atomic mass is 9.82. The first kappa shape index (κ1) is 44.8. The van der Waals surface area contributed by atoms with Gasteiger partial charge in [0.05, 0.1) is 26.1 Å². The van der Waals surface area contributed by atoms with E-state index in [0.717, 1.165) is 13.2 Å². The van der Waals surface area contributed by atoms with Crippen molar-refractivity contribution in [3.8, 4) is 0 Å². The van der Waals surface area contributed by atoms with Gasteiger partial charge in [0.25, 0.3) is 0 Å². The van der Waals surface area contributed by atoms with Gasteiger partial charge in [0.15, 0.2) is 0 Å². The predicted molar refractivity (Wildman–Crippen MR) is 191 cm³/mol. The van der Waals surface area contributed by atoms with E-state index in [0.29, 0.717) is 0 Å². The summed E-state index contributed by atoms with van der Waals surface area (Å²) in [6.07, 6.45) is 23.0. The standard InChI is InChI=1S/2C17H35NO.C4H6O4/c2*1-6-7-8-9-10-11-15-19-18-16(2,3)13-12-14-17(18,4)5;5-3(6)1-2-4(7)8/h2*6-15H2,1-5H3;1-2H2,(H,5,6)(H,7,8). The van der Waals surface area contributed by atoms with E-state index < -0.39 is 11.9 Å². The number of piperidine rings is 2. The lowest BCUT2D eigenvalue weighted by Crippen LogP contribution is -2.58. The van der Waals surface area contributed by atoms with Crippen molar-refractivity contribution in [3.05, 3.63) is 0 Å². The van der Waals surface area contributed by atoms with Crippen molar-refractivity contribution in [1.82, 2.24) is 10.1 Å². The maximum Gasteiger partial charge on any atom is 0.303 e. The average Bonchev–Trinajstić information content (AvgIpc) is 2.93. The Morgan fingerprint density at radius 1 is 0.500 bits per heavy atom. The summed E-state index contributed by atoms with van der Waals surface area (Å²) in [6.45, 7) is 24.8. The predicted octanol–water partition coefficient (Wildman–Crippen LogP) is 10.6. The molecule has 0 spiro atoms. The van der Waals surface area contributed by atoms with E-state index in [1.807, 2.05) is 0 Å². The molecule has 2 aliphatic rings. The SMILES string of the molecule is CCCCCCCCON1C(C)(C)CCCC1(C)C.CCCCCCCCON1C(C)(C)CCCC1(C)C.O=C(O)CCC(=O)O. The molecule has 2 saturated heterocycles. The fourth-order valence-electron chi connectivity index (χ4n) is 6.94. The molecule has 8 nitrogen and oxygen atoms in total. The molecule has 0 aromatic carbocycles. The summed E-state index contributed by atoms with van der Waals surface area (Å²) in [5, 5.41) is 20.4. The van der Waals surface area contributed by atoms with Gasteiger partial charge in [-0.05, 0) is 107 Å². The highest BCUT2D eigenvalue weighted by Gasteiger charge is 2.43. The second kappa shape index (κ2) is 23.2. The van der Waals surface area contributed by atoms with Gasteiger partial charge >= 0.3 is 11.9 Å². The Balaban J connectivity index is 0.000000716. The Hall–Kier alpha value is -1.22. The van der Waals surface area contributed by atoms with Crippen LogP contribution in [0.2, 0.25) is 0 Å². The second-order valence-corrected chi connectivity index (χ2v) is 16.0. The summed E-state index contributed by atoms with van der Waals surface area (Å²) >= 11 is 0. The number of carboxylic acids is 2. The molecule has 0 atom stereocenters. The van der Waals surface area contributed by atoms with E-state index in [1.54, 1.807) is 0 Å². The van der Waals surface area contributed by atoms with Crippen LogP contribution in [0.5, 0.6) is 0 Å². The summed E-state index contributed by atoms with van der Waals surface area (Å²) < 4.78 is 0. The highest BCUT2D eigenvalue weighted by atomic mass is 16.7. The number of carbonyl (C=O) groups is 2. The number of hydroxylamine groups is 4. The fraction of sp³-hybridized carbons (Fsp3) is 0.947. The number of hydrogen-bond acceptors (Lipinski definition) is 6. The van der Waals surface area contributed by atoms with Crippen LogP contribution >= 0.6 is 0 Å². The van der Waals surface area contributed by atoms with Crippen molar-refractivity contribution < 1.29 is 29.5 Å². The first-order valence-electron chi connectivity index (χ1n) is 18.7. The quantitative estimate of drug-likeness (QED) is 0.133. The summed E-state index contributed by atoms with van der Waals surface area (Å²) in [5.74, 6) is -2.15. The zero-order valence-electron chi connectivity index (χ0n) is 32.0. The van der Waals surface area contributed by atoms with Crippen LogP contribution in [-0.2, 0) is 19.3 Å². The zero-order valence-corrected chi connectivity index (χ0v) is 32.0. The molecule has 0 saturated carbocycles. The third kappa shape index (κ3) is 19.6. The van der Waals surface area contributed by atoms with E-state index in [4.69, 9.17) is 19.9 Å². The van der Waals surface area contributed by atoms with E-state index >= 15 is 0 Å². The molecule has 0 aliphatic carbocycles. The van der Waals surface area contributed by atoms with Crippen molar-refractivity contribution in [2.45, 2.75) is 220 Å². The number of unbranched alkanes of at least 4 members (excludes halogenated alkanes) is 10. The lowest BCUT2D eigenvalue weighted by molar-refractivity contribution is -0.281. The van der Waals surface area contributed by atoms with E-state index in [9.17, 15) is 9.59 Å². The molecule has 0 unspecified atom stereocenters. The van der Waals surface area contributed by atoms with Crippen LogP contribution in [0.1, 0.15) is 198 Å². The van der Waals surface area contributed by atoms with Gasteiger partial charge in [-0.25, -0.2) is 0 Å².